The number of pyridine rings is 1. The Hall–Kier alpha value is -2.48. The lowest BCUT2D eigenvalue weighted by Crippen LogP contribution is -2.24. The molecule has 3 rings (SSSR count). The quantitative estimate of drug-likeness (QED) is 0.549. The molecule has 1 aliphatic rings. The Labute approximate surface area is 164 Å². The summed E-state index contributed by atoms with van der Waals surface area (Å²) in [6, 6.07) is 0.210. The summed E-state index contributed by atoms with van der Waals surface area (Å²) < 4.78 is 12.1. The molecule has 0 amide bonds. The van der Waals surface area contributed by atoms with Crippen LogP contribution < -0.4 is 10.7 Å². The highest BCUT2D eigenvalue weighted by molar-refractivity contribution is 5.93. The zero-order valence-electron chi connectivity index (χ0n) is 16.6. The second-order valence-corrected chi connectivity index (χ2v) is 7.00. The van der Waals surface area contributed by atoms with Gasteiger partial charge in [0.25, 0.3) is 0 Å². The third-order valence-electron chi connectivity index (χ3n) is 5.04. The van der Waals surface area contributed by atoms with Gasteiger partial charge in [-0.1, -0.05) is 19.3 Å². The summed E-state index contributed by atoms with van der Waals surface area (Å²) in [5.74, 6) is -0.128. The number of fused-ring (bicyclic) bond motifs is 1. The number of rotatable bonds is 8. The molecule has 0 unspecified atom stereocenters. The molecule has 1 saturated carbocycles. The molecule has 8 nitrogen and oxygen atoms in total. The van der Waals surface area contributed by atoms with Gasteiger partial charge >= 0.3 is 5.97 Å². The van der Waals surface area contributed by atoms with Crippen molar-refractivity contribution >= 4 is 23.0 Å². The van der Waals surface area contributed by atoms with Crippen molar-refractivity contribution in [3.63, 3.8) is 0 Å². The molecule has 8 heteroatoms. The Morgan fingerprint density at radius 2 is 2.11 bits per heavy atom. The number of methoxy groups -OCH3 is 1. The largest absolute Gasteiger partial charge is 0.462 e. The average molecular weight is 388 g/mol. The van der Waals surface area contributed by atoms with Crippen LogP contribution in [0.5, 0.6) is 0 Å². The number of carbonyl (C=O) groups excluding carboxylic acids is 1. The van der Waals surface area contributed by atoms with Gasteiger partial charge in [-0.3, -0.25) is 4.79 Å². The maximum absolute atomic E-state index is 12.9. The highest BCUT2D eigenvalue weighted by Gasteiger charge is 2.23. The van der Waals surface area contributed by atoms with Crippen LogP contribution in [0.1, 0.15) is 61.8 Å². The van der Waals surface area contributed by atoms with Crippen molar-refractivity contribution in [2.24, 2.45) is 0 Å². The molecule has 0 radical (unpaired) electrons. The molecule has 28 heavy (non-hydrogen) atoms. The van der Waals surface area contributed by atoms with E-state index in [9.17, 15) is 9.59 Å². The summed E-state index contributed by atoms with van der Waals surface area (Å²) >= 11 is 0. The van der Waals surface area contributed by atoms with Crippen molar-refractivity contribution in [3.8, 4) is 0 Å². The average Bonchev–Trinajstić information content (AvgIpc) is 2.72. The lowest BCUT2D eigenvalue weighted by Gasteiger charge is -2.26. The SMILES string of the molecule is CCOC(=O)c1cn(C2CCCCC2)c2nc(NCCCOC)ncc2c1=O. The van der Waals surface area contributed by atoms with E-state index >= 15 is 0 Å². The minimum Gasteiger partial charge on any atom is -0.462 e. The number of nitrogens with one attached hydrogen (secondary N) is 1. The normalized spacial score (nSPS) is 14.9. The van der Waals surface area contributed by atoms with Gasteiger partial charge in [0.1, 0.15) is 11.2 Å². The van der Waals surface area contributed by atoms with Crippen molar-refractivity contribution in [1.82, 2.24) is 14.5 Å². The van der Waals surface area contributed by atoms with Crippen LogP contribution in [0.3, 0.4) is 0 Å². The maximum atomic E-state index is 12.9. The number of esters is 1. The third-order valence-corrected chi connectivity index (χ3v) is 5.04. The Balaban J connectivity index is 2.03. The maximum Gasteiger partial charge on any atom is 0.343 e. The molecule has 1 N–H and O–H groups in total. The molecule has 2 aromatic rings. The summed E-state index contributed by atoms with van der Waals surface area (Å²) in [5, 5.41) is 3.52. The summed E-state index contributed by atoms with van der Waals surface area (Å²) in [7, 11) is 1.66. The van der Waals surface area contributed by atoms with Crippen molar-refractivity contribution in [2.45, 2.75) is 51.5 Å². The van der Waals surface area contributed by atoms with Gasteiger partial charge in [-0.25, -0.2) is 9.78 Å². The first-order valence-electron chi connectivity index (χ1n) is 9.97. The molecule has 0 atom stereocenters. The van der Waals surface area contributed by atoms with E-state index in [0.29, 0.717) is 30.1 Å². The number of anilines is 1. The number of hydrogen-bond acceptors (Lipinski definition) is 7. The summed E-state index contributed by atoms with van der Waals surface area (Å²) in [4.78, 5) is 34.0. The van der Waals surface area contributed by atoms with Crippen LogP contribution in [-0.4, -0.2) is 47.4 Å². The number of aromatic nitrogens is 3. The van der Waals surface area contributed by atoms with E-state index in [1.807, 2.05) is 4.57 Å². The van der Waals surface area contributed by atoms with E-state index in [4.69, 9.17) is 9.47 Å². The Morgan fingerprint density at radius 1 is 1.32 bits per heavy atom. The number of ether oxygens (including phenoxy) is 2. The van der Waals surface area contributed by atoms with E-state index in [1.165, 1.54) is 12.6 Å². The molecule has 0 spiro atoms. The molecular formula is C20H28N4O4. The van der Waals surface area contributed by atoms with E-state index in [-0.39, 0.29) is 23.6 Å². The minimum absolute atomic E-state index is 0.0457. The van der Waals surface area contributed by atoms with Gasteiger partial charge in [-0.05, 0) is 26.2 Å². The van der Waals surface area contributed by atoms with Gasteiger partial charge in [-0.15, -0.1) is 0 Å². The van der Waals surface area contributed by atoms with E-state index in [2.05, 4.69) is 15.3 Å². The fourth-order valence-corrected chi connectivity index (χ4v) is 3.63. The molecule has 2 aromatic heterocycles. The molecule has 0 saturated heterocycles. The summed E-state index contributed by atoms with van der Waals surface area (Å²) in [6.07, 6.45) is 9.42. The van der Waals surface area contributed by atoms with Crippen molar-refractivity contribution in [1.29, 1.82) is 0 Å². The van der Waals surface area contributed by atoms with E-state index < -0.39 is 5.97 Å². The molecule has 0 aliphatic heterocycles. The van der Waals surface area contributed by atoms with Crippen molar-refractivity contribution in [3.05, 3.63) is 28.2 Å². The predicted octanol–water partition coefficient (Wildman–Crippen LogP) is 2.92. The van der Waals surface area contributed by atoms with Gasteiger partial charge < -0.3 is 19.4 Å². The fourth-order valence-electron chi connectivity index (χ4n) is 3.63. The molecule has 2 heterocycles. The number of hydrogen-bond donors (Lipinski definition) is 1. The third kappa shape index (κ3) is 4.49. The Morgan fingerprint density at radius 3 is 2.82 bits per heavy atom. The minimum atomic E-state index is -0.597. The highest BCUT2D eigenvalue weighted by atomic mass is 16.5. The van der Waals surface area contributed by atoms with Gasteiger partial charge in [0.2, 0.25) is 11.4 Å². The Bertz CT molecular complexity index is 874. The summed E-state index contributed by atoms with van der Waals surface area (Å²) in [6.45, 7) is 3.27. The topological polar surface area (TPSA) is 95.3 Å². The van der Waals surface area contributed by atoms with Gasteiger partial charge in [0.05, 0.1) is 12.0 Å². The highest BCUT2D eigenvalue weighted by Crippen LogP contribution is 2.30. The second-order valence-electron chi connectivity index (χ2n) is 7.00. The number of nitrogens with zero attached hydrogens (tertiary/aromatic N) is 3. The molecule has 1 aliphatic carbocycles. The van der Waals surface area contributed by atoms with Crippen LogP contribution >= 0.6 is 0 Å². The van der Waals surface area contributed by atoms with Crippen molar-refractivity contribution in [2.75, 3.05) is 32.2 Å². The first kappa shape index (κ1) is 20.3. The fraction of sp³-hybridized carbons (Fsp3) is 0.600. The lowest BCUT2D eigenvalue weighted by molar-refractivity contribution is 0.0524. The smallest absolute Gasteiger partial charge is 0.343 e. The van der Waals surface area contributed by atoms with Crippen LogP contribution in [0.2, 0.25) is 0 Å². The Kier molecular flexibility index (Phi) is 6.97. The predicted molar refractivity (Wildman–Crippen MR) is 107 cm³/mol. The molecule has 152 valence electrons. The first-order chi connectivity index (χ1) is 13.7. The molecule has 1 fully saturated rings. The van der Waals surface area contributed by atoms with Crippen LogP contribution in [0.4, 0.5) is 5.95 Å². The van der Waals surface area contributed by atoms with Crippen LogP contribution in [0.15, 0.2) is 17.2 Å². The molecule has 0 aromatic carbocycles. The monoisotopic (exact) mass is 388 g/mol. The van der Waals surface area contributed by atoms with E-state index in [0.717, 1.165) is 32.1 Å². The second kappa shape index (κ2) is 9.64. The van der Waals surface area contributed by atoms with Crippen LogP contribution in [-0.2, 0) is 9.47 Å². The van der Waals surface area contributed by atoms with Crippen LogP contribution in [0, 0.1) is 0 Å². The van der Waals surface area contributed by atoms with Gasteiger partial charge in [-0.2, -0.15) is 4.98 Å². The van der Waals surface area contributed by atoms with Gasteiger partial charge in [0.15, 0.2) is 0 Å². The summed E-state index contributed by atoms with van der Waals surface area (Å²) in [5.41, 5.74) is 0.227. The zero-order valence-corrected chi connectivity index (χ0v) is 16.6. The van der Waals surface area contributed by atoms with Gasteiger partial charge in [0, 0.05) is 38.7 Å². The van der Waals surface area contributed by atoms with Crippen molar-refractivity contribution < 1.29 is 14.3 Å². The molecule has 0 bridgehead atoms. The lowest BCUT2D eigenvalue weighted by atomic mass is 9.95. The van der Waals surface area contributed by atoms with Crippen LogP contribution in [0.25, 0.3) is 11.0 Å². The number of carbonyl (C=O) groups is 1. The molecular weight excluding hydrogens is 360 g/mol. The zero-order chi connectivity index (χ0) is 19.9. The first-order valence-corrected chi connectivity index (χ1v) is 9.97. The van der Waals surface area contributed by atoms with E-state index in [1.54, 1.807) is 20.2 Å². The standard InChI is InChI=1S/C20H28N4O4/c1-3-28-19(26)16-13-24(14-8-5-4-6-9-14)18-15(17(16)25)12-22-20(23-18)21-10-7-11-27-2/h12-14H,3-11H2,1-2H3,(H,21,22,23).